The zero-order chi connectivity index (χ0) is 23.5. The van der Waals surface area contributed by atoms with Gasteiger partial charge in [0, 0.05) is 17.1 Å². The second-order valence-electron chi connectivity index (χ2n) is 8.11. The zero-order valence-electron chi connectivity index (χ0n) is 17.0. The molecule has 0 spiro atoms. The van der Waals surface area contributed by atoms with Crippen molar-refractivity contribution in [3.63, 3.8) is 0 Å². The minimum Gasteiger partial charge on any atom is -0.444 e. The average molecular weight is 480 g/mol. The molecular weight excluding hydrogens is 463 g/mol. The number of hydrogen-bond acceptors (Lipinski definition) is 4. The number of carbonyl (C=O) groups is 3. The number of carbonyl (C=O) groups excluding carboxylic acids is 3. The van der Waals surface area contributed by atoms with Crippen LogP contribution in [0.2, 0.25) is 5.02 Å². The predicted molar refractivity (Wildman–Crippen MR) is 110 cm³/mol. The quantitative estimate of drug-likeness (QED) is 0.616. The van der Waals surface area contributed by atoms with E-state index < -0.39 is 47.9 Å². The summed E-state index contributed by atoms with van der Waals surface area (Å²) >= 11 is 6.08. The molecular formula is C22H17ClF3N3O4. The van der Waals surface area contributed by atoms with Crippen molar-refractivity contribution in [2.75, 3.05) is 11.4 Å². The maximum atomic E-state index is 13.1. The molecule has 2 bridgehead atoms. The molecule has 3 heterocycles. The Balaban J connectivity index is 1.34. The molecule has 5 rings (SSSR count). The van der Waals surface area contributed by atoms with Crippen molar-refractivity contribution < 1.29 is 32.3 Å². The molecule has 4 amide bonds. The van der Waals surface area contributed by atoms with Crippen LogP contribution in [-0.2, 0) is 22.3 Å². The van der Waals surface area contributed by atoms with E-state index in [1.54, 1.807) is 24.3 Å². The lowest BCUT2D eigenvalue weighted by Crippen LogP contribution is -2.54. The van der Waals surface area contributed by atoms with Crippen LogP contribution in [0.4, 0.5) is 28.4 Å². The number of ether oxygens (including phenoxy) is 1. The SMILES string of the molecule is O=C1[C@H]2[C@H]3CC(CN3C(=O)OCc3ccccc3Cl)N2C(=O)N1c1cccc(C(F)(F)F)c1. The minimum absolute atomic E-state index is 0.0516. The van der Waals surface area contributed by atoms with Gasteiger partial charge in [-0.1, -0.05) is 35.9 Å². The van der Waals surface area contributed by atoms with Crippen LogP contribution in [0, 0.1) is 0 Å². The fourth-order valence-electron chi connectivity index (χ4n) is 4.76. The maximum absolute atomic E-state index is 13.1. The smallest absolute Gasteiger partial charge is 0.416 e. The lowest BCUT2D eigenvalue weighted by molar-refractivity contribution is -0.137. The van der Waals surface area contributed by atoms with Crippen molar-refractivity contribution >= 4 is 35.3 Å². The number of hydrogen-bond donors (Lipinski definition) is 0. The van der Waals surface area contributed by atoms with Crippen molar-refractivity contribution in [2.45, 2.75) is 37.3 Å². The number of piperazine rings is 1. The van der Waals surface area contributed by atoms with Crippen LogP contribution in [0.3, 0.4) is 0 Å². The van der Waals surface area contributed by atoms with Gasteiger partial charge in [0.05, 0.1) is 23.3 Å². The maximum Gasteiger partial charge on any atom is 0.416 e. The van der Waals surface area contributed by atoms with Gasteiger partial charge in [0.25, 0.3) is 5.91 Å². The van der Waals surface area contributed by atoms with E-state index in [9.17, 15) is 27.6 Å². The van der Waals surface area contributed by atoms with Crippen LogP contribution in [0.15, 0.2) is 48.5 Å². The van der Waals surface area contributed by atoms with E-state index in [0.717, 1.165) is 23.1 Å². The number of anilines is 1. The van der Waals surface area contributed by atoms with Crippen LogP contribution in [0.5, 0.6) is 0 Å². The van der Waals surface area contributed by atoms with Gasteiger partial charge >= 0.3 is 18.3 Å². The highest BCUT2D eigenvalue weighted by atomic mass is 35.5. The Labute approximate surface area is 191 Å². The third-order valence-corrected chi connectivity index (χ3v) is 6.61. The van der Waals surface area contributed by atoms with E-state index in [1.807, 2.05) is 0 Å². The summed E-state index contributed by atoms with van der Waals surface area (Å²) in [4.78, 5) is 42.3. The summed E-state index contributed by atoms with van der Waals surface area (Å²) in [5.74, 6) is -0.657. The molecule has 0 radical (unpaired) electrons. The van der Waals surface area contributed by atoms with Gasteiger partial charge in [-0.2, -0.15) is 13.2 Å². The molecule has 0 aromatic heterocycles. The lowest BCUT2D eigenvalue weighted by Gasteiger charge is -2.34. The number of imide groups is 1. The molecule has 2 aromatic rings. The highest BCUT2D eigenvalue weighted by Gasteiger charge is 2.63. The number of nitrogens with zero attached hydrogens (tertiary/aromatic N) is 3. The molecule has 3 saturated heterocycles. The summed E-state index contributed by atoms with van der Waals surface area (Å²) in [6.07, 6.45) is -4.85. The molecule has 7 nitrogen and oxygen atoms in total. The van der Waals surface area contributed by atoms with Gasteiger partial charge in [-0.15, -0.1) is 0 Å². The summed E-state index contributed by atoms with van der Waals surface area (Å²) in [5, 5.41) is 0.452. The number of urea groups is 1. The van der Waals surface area contributed by atoms with Crippen molar-refractivity contribution in [1.29, 1.82) is 0 Å². The van der Waals surface area contributed by atoms with Gasteiger partial charge in [0.2, 0.25) is 0 Å². The Morgan fingerprint density at radius 1 is 1.12 bits per heavy atom. The molecule has 0 aliphatic carbocycles. The predicted octanol–water partition coefficient (Wildman–Crippen LogP) is 4.29. The summed E-state index contributed by atoms with van der Waals surface area (Å²) in [6, 6.07) is 8.31. The highest BCUT2D eigenvalue weighted by Crippen LogP contribution is 2.43. The first kappa shape index (κ1) is 21.6. The number of halogens is 4. The molecule has 3 fully saturated rings. The minimum atomic E-state index is -4.61. The van der Waals surface area contributed by atoms with E-state index in [-0.39, 0.29) is 18.8 Å². The lowest BCUT2D eigenvalue weighted by atomic mass is 10.1. The molecule has 0 N–H and O–H groups in total. The standard InChI is InChI=1S/C22H17ClF3N3O4/c23-16-7-2-1-4-12(16)11-33-21(32)27-10-15-9-17(27)18-19(30)29(20(31)28(15)18)14-6-3-5-13(8-14)22(24,25)26/h1-8,15,17-18H,9-11H2/t15?,17-,18-/m1/s1. The second-order valence-corrected chi connectivity index (χ2v) is 8.52. The van der Waals surface area contributed by atoms with Gasteiger partial charge in [-0.3, -0.25) is 4.79 Å². The van der Waals surface area contributed by atoms with E-state index in [2.05, 4.69) is 0 Å². The first-order valence-corrected chi connectivity index (χ1v) is 10.5. The number of rotatable bonds is 3. The van der Waals surface area contributed by atoms with Gasteiger partial charge in [-0.05, 0) is 30.7 Å². The average Bonchev–Trinajstić information content (AvgIpc) is 3.44. The van der Waals surface area contributed by atoms with Crippen LogP contribution in [0.1, 0.15) is 17.5 Å². The second kappa shape index (κ2) is 7.65. The number of likely N-dealkylation sites (tertiary alicyclic amines) is 1. The number of alkyl halides is 3. The third kappa shape index (κ3) is 3.49. The van der Waals surface area contributed by atoms with Crippen molar-refractivity contribution in [3.8, 4) is 0 Å². The summed E-state index contributed by atoms with van der Waals surface area (Å²) in [6.45, 7) is 0.127. The highest BCUT2D eigenvalue weighted by molar-refractivity contribution is 6.31. The van der Waals surface area contributed by atoms with E-state index in [4.69, 9.17) is 16.3 Å². The van der Waals surface area contributed by atoms with Crippen LogP contribution in [0.25, 0.3) is 0 Å². The molecule has 172 valence electrons. The first-order valence-electron chi connectivity index (χ1n) is 10.2. The molecule has 1 unspecified atom stereocenters. The van der Waals surface area contributed by atoms with E-state index in [1.165, 1.54) is 15.9 Å². The fourth-order valence-corrected chi connectivity index (χ4v) is 4.95. The summed E-state index contributed by atoms with van der Waals surface area (Å²) < 4.78 is 44.7. The van der Waals surface area contributed by atoms with Gasteiger partial charge < -0.3 is 14.5 Å². The number of fused-ring (bicyclic) bond motifs is 5. The molecule has 2 aromatic carbocycles. The van der Waals surface area contributed by atoms with Crippen LogP contribution < -0.4 is 4.90 Å². The Bertz CT molecular complexity index is 1160. The zero-order valence-corrected chi connectivity index (χ0v) is 17.7. The summed E-state index contributed by atoms with van der Waals surface area (Å²) in [7, 11) is 0. The monoisotopic (exact) mass is 479 g/mol. The van der Waals surface area contributed by atoms with Crippen LogP contribution in [-0.4, -0.2) is 52.5 Å². The molecule has 11 heteroatoms. The Hall–Kier alpha value is -3.27. The molecule has 3 atom stereocenters. The van der Waals surface area contributed by atoms with E-state index >= 15 is 0 Å². The Morgan fingerprint density at radius 3 is 2.61 bits per heavy atom. The number of benzene rings is 2. The Morgan fingerprint density at radius 2 is 1.88 bits per heavy atom. The fraction of sp³-hybridized carbons (Fsp3) is 0.318. The first-order chi connectivity index (χ1) is 15.7. The van der Waals surface area contributed by atoms with E-state index in [0.29, 0.717) is 17.0 Å². The normalized spacial score (nSPS) is 24.0. The summed E-state index contributed by atoms with van der Waals surface area (Å²) in [5.41, 5.74) is -0.483. The molecule has 3 aliphatic rings. The van der Waals surface area contributed by atoms with Crippen LogP contribution >= 0.6 is 11.6 Å². The van der Waals surface area contributed by atoms with Gasteiger partial charge in [0.15, 0.2) is 0 Å². The van der Waals surface area contributed by atoms with Crippen molar-refractivity contribution in [2.24, 2.45) is 0 Å². The topological polar surface area (TPSA) is 70.2 Å². The van der Waals surface area contributed by atoms with Gasteiger partial charge in [0.1, 0.15) is 12.6 Å². The van der Waals surface area contributed by atoms with Crippen molar-refractivity contribution in [1.82, 2.24) is 9.80 Å². The van der Waals surface area contributed by atoms with Crippen molar-refractivity contribution in [3.05, 3.63) is 64.7 Å². The largest absolute Gasteiger partial charge is 0.444 e. The van der Waals surface area contributed by atoms with Gasteiger partial charge in [-0.25, -0.2) is 14.5 Å². The third-order valence-electron chi connectivity index (χ3n) is 6.24. The Kier molecular flexibility index (Phi) is 5.00. The molecule has 0 saturated carbocycles. The molecule has 33 heavy (non-hydrogen) atoms. The number of amides is 4. The molecule has 3 aliphatic heterocycles.